The lowest BCUT2D eigenvalue weighted by Gasteiger charge is -2.28. The molecule has 22 heavy (non-hydrogen) atoms. The third kappa shape index (κ3) is 2.51. The summed E-state index contributed by atoms with van der Waals surface area (Å²) in [5, 5.41) is 0. The Bertz CT molecular complexity index is 792. The molecule has 0 saturated heterocycles. The van der Waals surface area contributed by atoms with Crippen LogP contribution in [0.25, 0.3) is 5.65 Å². The fourth-order valence-corrected chi connectivity index (χ4v) is 2.95. The van der Waals surface area contributed by atoms with Crippen molar-refractivity contribution in [2.75, 3.05) is 6.54 Å². The fourth-order valence-electron chi connectivity index (χ4n) is 2.95. The number of amides is 1. The minimum atomic E-state index is -0.0502. The summed E-state index contributed by atoms with van der Waals surface area (Å²) in [7, 11) is 0. The summed E-state index contributed by atoms with van der Waals surface area (Å²) in [6, 6.07) is 3.80. The molecule has 0 bridgehead atoms. The van der Waals surface area contributed by atoms with E-state index < -0.39 is 0 Å². The Labute approximate surface area is 129 Å². The zero-order chi connectivity index (χ0) is 15.9. The molecule has 0 saturated carbocycles. The van der Waals surface area contributed by atoms with Gasteiger partial charge in [0.2, 0.25) is 5.91 Å². The van der Waals surface area contributed by atoms with Crippen LogP contribution in [0.4, 0.5) is 0 Å². The first kappa shape index (κ1) is 14.8. The van der Waals surface area contributed by atoms with Crippen LogP contribution in [0, 0.1) is 12.8 Å². The van der Waals surface area contributed by atoms with E-state index >= 15 is 0 Å². The Morgan fingerprint density at radius 1 is 1.41 bits per heavy atom. The predicted octanol–water partition coefficient (Wildman–Crippen LogP) is 1.93. The van der Waals surface area contributed by atoms with Gasteiger partial charge in [-0.2, -0.15) is 0 Å². The highest BCUT2D eigenvalue weighted by Crippen LogP contribution is 2.18. The summed E-state index contributed by atoms with van der Waals surface area (Å²) in [5.74, 6) is 0.446. The maximum atomic E-state index is 12.7. The molecule has 0 unspecified atom stereocenters. The molecule has 116 valence electrons. The number of rotatable bonds is 2. The number of nitrogens with zero attached hydrogens (tertiary/aromatic N) is 3. The van der Waals surface area contributed by atoms with Crippen LogP contribution < -0.4 is 5.56 Å². The second-order valence-corrected chi connectivity index (χ2v) is 6.39. The number of hydrogen-bond acceptors (Lipinski definition) is 3. The highest BCUT2D eigenvalue weighted by atomic mass is 16.2. The average molecular weight is 299 g/mol. The fraction of sp³-hybridized carbons (Fsp3) is 0.471. The average Bonchev–Trinajstić information content (AvgIpc) is 2.48. The largest absolute Gasteiger partial charge is 0.338 e. The molecule has 5 nitrogen and oxygen atoms in total. The highest BCUT2D eigenvalue weighted by molar-refractivity contribution is 5.76. The van der Waals surface area contributed by atoms with Crippen molar-refractivity contribution in [3.63, 3.8) is 0 Å². The van der Waals surface area contributed by atoms with Gasteiger partial charge in [-0.15, -0.1) is 0 Å². The van der Waals surface area contributed by atoms with E-state index in [1.807, 2.05) is 32.9 Å². The molecule has 3 rings (SSSR count). The SMILES string of the molecule is Cc1cccn2c(=O)c3c(nc12)CCN(C(=O)CC(C)C)C3. The number of carbonyl (C=O) groups is 1. The van der Waals surface area contributed by atoms with Crippen molar-refractivity contribution in [1.29, 1.82) is 0 Å². The van der Waals surface area contributed by atoms with Crippen LogP contribution >= 0.6 is 0 Å². The summed E-state index contributed by atoms with van der Waals surface area (Å²) < 4.78 is 1.59. The normalized spacial score (nSPS) is 14.5. The number of carbonyl (C=O) groups excluding carboxylic acids is 1. The van der Waals surface area contributed by atoms with Gasteiger partial charge in [-0.05, 0) is 24.5 Å². The first-order valence-electron chi connectivity index (χ1n) is 7.75. The van der Waals surface area contributed by atoms with Crippen molar-refractivity contribution in [3.8, 4) is 0 Å². The standard InChI is InChI=1S/C17H21N3O2/c1-11(2)9-15(21)19-8-6-14-13(10-19)17(22)20-7-4-5-12(3)16(20)18-14/h4-5,7,11H,6,8-10H2,1-3H3. The van der Waals surface area contributed by atoms with E-state index in [0.717, 1.165) is 11.3 Å². The molecule has 1 aliphatic rings. The first-order valence-corrected chi connectivity index (χ1v) is 7.75. The van der Waals surface area contributed by atoms with Crippen molar-refractivity contribution in [2.24, 2.45) is 5.92 Å². The maximum Gasteiger partial charge on any atom is 0.263 e. The molecule has 3 heterocycles. The van der Waals surface area contributed by atoms with Crippen molar-refractivity contribution in [2.45, 2.75) is 40.2 Å². The van der Waals surface area contributed by atoms with Crippen LogP contribution in [0.1, 0.15) is 37.1 Å². The van der Waals surface area contributed by atoms with Gasteiger partial charge in [0, 0.05) is 25.6 Å². The molecule has 2 aromatic heterocycles. The van der Waals surface area contributed by atoms with E-state index in [9.17, 15) is 9.59 Å². The lowest BCUT2D eigenvalue weighted by molar-refractivity contribution is -0.132. The number of aromatic nitrogens is 2. The molecular weight excluding hydrogens is 278 g/mol. The number of aryl methyl sites for hydroxylation is 1. The molecule has 0 radical (unpaired) electrons. The molecule has 0 atom stereocenters. The molecule has 0 spiro atoms. The minimum Gasteiger partial charge on any atom is -0.338 e. The zero-order valence-corrected chi connectivity index (χ0v) is 13.3. The van der Waals surface area contributed by atoms with Gasteiger partial charge in [-0.1, -0.05) is 19.9 Å². The summed E-state index contributed by atoms with van der Waals surface area (Å²) >= 11 is 0. The molecule has 1 amide bonds. The van der Waals surface area contributed by atoms with Gasteiger partial charge in [0.25, 0.3) is 5.56 Å². The lowest BCUT2D eigenvalue weighted by atomic mass is 10.0. The van der Waals surface area contributed by atoms with Gasteiger partial charge < -0.3 is 4.90 Å². The van der Waals surface area contributed by atoms with Crippen molar-refractivity contribution < 1.29 is 4.79 Å². The Balaban J connectivity index is 2.01. The van der Waals surface area contributed by atoms with Gasteiger partial charge in [0.15, 0.2) is 0 Å². The van der Waals surface area contributed by atoms with Gasteiger partial charge in [-0.25, -0.2) is 4.98 Å². The molecule has 0 N–H and O–H groups in total. The summed E-state index contributed by atoms with van der Waals surface area (Å²) in [5.41, 5.74) is 3.15. The summed E-state index contributed by atoms with van der Waals surface area (Å²) in [6.07, 6.45) is 2.92. The second kappa shape index (κ2) is 5.55. The number of fused-ring (bicyclic) bond motifs is 2. The predicted molar refractivity (Wildman–Crippen MR) is 84.8 cm³/mol. The minimum absolute atomic E-state index is 0.0502. The third-order valence-electron chi connectivity index (χ3n) is 4.13. The van der Waals surface area contributed by atoms with E-state index in [1.54, 1.807) is 15.5 Å². The number of hydrogen-bond donors (Lipinski definition) is 0. The molecule has 0 fully saturated rings. The first-order chi connectivity index (χ1) is 10.5. The Morgan fingerprint density at radius 3 is 2.91 bits per heavy atom. The monoisotopic (exact) mass is 299 g/mol. The third-order valence-corrected chi connectivity index (χ3v) is 4.13. The van der Waals surface area contributed by atoms with Crippen LogP contribution in [-0.2, 0) is 17.8 Å². The van der Waals surface area contributed by atoms with Crippen molar-refractivity contribution >= 4 is 11.6 Å². The van der Waals surface area contributed by atoms with Gasteiger partial charge in [0.05, 0.1) is 17.8 Å². The van der Waals surface area contributed by atoms with E-state index in [0.29, 0.717) is 43.1 Å². The molecule has 2 aromatic rings. The van der Waals surface area contributed by atoms with Crippen molar-refractivity contribution in [1.82, 2.24) is 14.3 Å². The molecule has 0 aromatic carbocycles. The lowest BCUT2D eigenvalue weighted by Crippen LogP contribution is -2.40. The summed E-state index contributed by atoms with van der Waals surface area (Å²) in [6.45, 7) is 7.04. The van der Waals surface area contributed by atoms with Crippen LogP contribution in [0.5, 0.6) is 0 Å². The Morgan fingerprint density at radius 2 is 2.18 bits per heavy atom. The smallest absolute Gasteiger partial charge is 0.263 e. The molecule has 0 aliphatic carbocycles. The van der Waals surface area contributed by atoms with Crippen LogP contribution in [0.3, 0.4) is 0 Å². The van der Waals surface area contributed by atoms with Crippen LogP contribution in [0.15, 0.2) is 23.1 Å². The van der Waals surface area contributed by atoms with E-state index in [2.05, 4.69) is 4.98 Å². The Hall–Kier alpha value is -2.17. The maximum absolute atomic E-state index is 12.7. The zero-order valence-electron chi connectivity index (χ0n) is 13.3. The second-order valence-electron chi connectivity index (χ2n) is 6.39. The highest BCUT2D eigenvalue weighted by Gasteiger charge is 2.25. The van der Waals surface area contributed by atoms with E-state index in [-0.39, 0.29) is 11.5 Å². The van der Waals surface area contributed by atoms with E-state index in [4.69, 9.17) is 0 Å². The quantitative estimate of drug-likeness (QED) is 0.851. The summed E-state index contributed by atoms with van der Waals surface area (Å²) in [4.78, 5) is 31.4. The van der Waals surface area contributed by atoms with E-state index in [1.165, 1.54) is 0 Å². The van der Waals surface area contributed by atoms with Gasteiger partial charge in [0.1, 0.15) is 5.65 Å². The topological polar surface area (TPSA) is 54.7 Å². The van der Waals surface area contributed by atoms with Crippen molar-refractivity contribution in [3.05, 3.63) is 45.5 Å². The molecule has 1 aliphatic heterocycles. The van der Waals surface area contributed by atoms with Crippen LogP contribution in [0.2, 0.25) is 0 Å². The van der Waals surface area contributed by atoms with Crippen LogP contribution in [-0.4, -0.2) is 26.7 Å². The molecular formula is C17H21N3O2. The number of pyridine rings is 1. The van der Waals surface area contributed by atoms with Gasteiger partial charge >= 0.3 is 0 Å². The molecule has 5 heteroatoms. The Kier molecular flexibility index (Phi) is 3.72. The van der Waals surface area contributed by atoms with Gasteiger partial charge in [-0.3, -0.25) is 14.0 Å².